The quantitative estimate of drug-likeness (QED) is 0.489. The van der Waals surface area contributed by atoms with Gasteiger partial charge in [0.1, 0.15) is 5.82 Å². The first kappa shape index (κ1) is 20.2. The van der Waals surface area contributed by atoms with E-state index in [0.29, 0.717) is 41.8 Å². The zero-order valence-electron chi connectivity index (χ0n) is 17.8. The standard InChI is InChI=1S/C23H22FN7O/c1-15-13-32-14-16(2)30(15)23-25-12-19(21(26-23)18-10-6-7-11-20(18)24)22-27-28-29-31(22)17-8-4-3-5-9-17/h3-12,15-16H,13-14H2,1-2H3/t15-,16+. The predicted octanol–water partition coefficient (Wildman–Crippen LogP) is 3.54. The van der Waals surface area contributed by atoms with Crippen molar-refractivity contribution >= 4 is 5.95 Å². The van der Waals surface area contributed by atoms with Crippen LogP contribution in [0.15, 0.2) is 60.8 Å². The van der Waals surface area contributed by atoms with Crippen LogP contribution in [-0.4, -0.2) is 55.5 Å². The van der Waals surface area contributed by atoms with Gasteiger partial charge in [0.25, 0.3) is 0 Å². The van der Waals surface area contributed by atoms with E-state index < -0.39 is 0 Å². The molecule has 0 spiro atoms. The highest BCUT2D eigenvalue weighted by atomic mass is 19.1. The number of aromatic nitrogens is 6. The Morgan fingerprint density at radius 2 is 1.66 bits per heavy atom. The first-order valence-electron chi connectivity index (χ1n) is 10.5. The lowest BCUT2D eigenvalue weighted by atomic mass is 10.1. The molecule has 4 aromatic rings. The lowest BCUT2D eigenvalue weighted by Crippen LogP contribution is -2.50. The molecular formula is C23H22FN7O. The predicted molar refractivity (Wildman–Crippen MR) is 118 cm³/mol. The van der Waals surface area contributed by atoms with Crippen LogP contribution in [0, 0.1) is 5.82 Å². The maximum absolute atomic E-state index is 14.9. The van der Waals surface area contributed by atoms with Gasteiger partial charge in [-0.2, -0.15) is 4.68 Å². The normalized spacial score (nSPS) is 18.7. The fraction of sp³-hybridized carbons (Fsp3) is 0.261. The minimum atomic E-state index is -0.375. The van der Waals surface area contributed by atoms with Crippen LogP contribution in [0.4, 0.5) is 10.3 Å². The fourth-order valence-electron chi connectivity index (χ4n) is 4.02. The molecule has 1 aliphatic heterocycles. The van der Waals surface area contributed by atoms with Gasteiger partial charge in [0.05, 0.1) is 42.2 Å². The van der Waals surface area contributed by atoms with E-state index in [1.165, 1.54) is 6.07 Å². The van der Waals surface area contributed by atoms with E-state index >= 15 is 0 Å². The number of tetrazole rings is 1. The zero-order chi connectivity index (χ0) is 22.1. The minimum Gasteiger partial charge on any atom is -0.377 e. The maximum atomic E-state index is 14.9. The third kappa shape index (κ3) is 3.60. The van der Waals surface area contributed by atoms with Gasteiger partial charge in [0, 0.05) is 11.8 Å². The molecular weight excluding hydrogens is 409 g/mol. The van der Waals surface area contributed by atoms with Crippen LogP contribution in [0.25, 0.3) is 28.3 Å². The first-order valence-corrected chi connectivity index (χ1v) is 10.5. The van der Waals surface area contributed by atoms with Gasteiger partial charge in [-0.15, -0.1) is 5.10 Å². The highest BCUT2D eigenvalue weighted by Crippen LogP contribution is 2.33. The van der Waals surface area contributed by atoms with Gasteiger partial charge in [-0.25, -0.2) is 14.4 Å². The highest BCUT2D eigenvalue weighted by Gasteiger charge is 2.29. The van der Waals surface area contributed by atoms with Crippen molar-refractivity contribution in [1.29, 1.82) is 0 Å². The summed E-state index contributed by atoms with van der Waals surface area (Å²) in [7, 11) is 0. The molecule has 8 nitrogen and oxygen atoms in total. The van der Waals surface area contributed by atoms with Crippen LogP contribution >= 0.6 is 0 Å². The van der Waals surface area contributed by atoms with Gasteiger partial charge in [0.15, 0.2) is 5.82 Å². The summed E-state index contributed by atoms with van der Waals surface area (Å²) < 4.78 is 22.1. The van der Waals surface area contributed by atoms with Crippen molar-refractivity contribution in [2.24, 2.45) is 0 Å². The van der Waals surface area contributed by atoms with E-state index in [-0.39, 0.29) is 17.9 Å². The number of nitrogens with zero attached hydrogens (tertiary/aromatic N) is 7. The summed E-state index contributed by atoms with van der Waals surface area (Å²) in [6.45, 7) is 5.28. The molecule has 0 N–H and O–H groups in total. The number of morpholine rings is 1. The number of anilines is 1. The Morgan fingerprint density at radius 1 is 0.938 bits per heavy atom. The van der Waals surface area contributed by atoms with Crippen LogP contribution in [-0.2, 0) is 4.74 Å². The summed E-state index contributed by atoms with van der Waals surface area (Å²) in [5.74, 6) is 0.582. The smallest absolute Gasteiger partial charge is 0.226 e. The van der Waals surface area contributed by atoms with Crippen LogP contribution < -0.4 is 4.90 Å². The number of hydrogen-bond acceptors (Lipinski definition) is 7. The summed E-state index contributed by atoms with van der Waals surface area (Å²) in [5.41, 5.74) is 2.13. The van der Waals surface area contributed by atoms with Gasteiger partial charge in [0.2, 0.25) is 5.95 Å². The monoisotopic (exact) mass is 431 g/mol. The highest BCUT2D eigenvalue weighted by molar-refractivity contribution is 5.78. The maximum Gasteiger partial charge on any atom is 0.226 e. The van der Waals surface area contributed by atoms with Crippen molar-refractivity contribution in [2.45, 2.75) is 25.9 Å². The molecule has 1 aliphatic rings. The average molecular weight is 431 g/mol. The largest absolute Gasteiger partial charge is 0.377 e. The van der Waals surface area contributed by atoms with Crippen molar-refractivity contribution in [3.05, 3.63) is 66.6 Å². The van der Waals surface area contributed by atoms with E-state index in [2.05, 4.69) is 39.3 Å². The second kappa shape index (κ2) is 8.43. The molecule has 9 heteroatoms. The second-order valence-corrected chi connectivity index (χ2v) is 7.80. The third-order valence-corrected chi connectivity index (χ3v) is 5.51. The van der Waals surface area contributed by atoms with E-state index in [1.54, 1.807) is 29.1 Å². The van der Waals surface area contributed by atoms with E-state index in [0.717, 1.165) is 5.69 Å². The molecule has 0 unspecified atom stereocenters. The van der Waals surface area contributed by atoms with Gasteiger partial charge < -0.3 is 9.64 Å². The number of hydrogen-bond donors (Lipinski definition) is 0. The lowest BCUT2D eigenvalue weighted by Gasteiger charge is -2.38. The fourth-order valence-corrected chi connectivity index (χ4v) is 4.02. The Kier molecular flexibility index (Phi) is 5.32. The van der Waals surface area contributed by atoms with Crippen molar-refractivity contribution in [3.63, 3.8) is 0 Å². The summed E-state index contributed by atoms with van der Waals surface area (Å²) in [6, 6.07) is 16.3. The van der Waals surface area contributed by atoms with E-state index in [4.69, 9.17) is 9.72 Å². The molecule has 0 saturated carbocycles. The van der Waals surface area contributed by atoms with Gasteiger partial charge >= 0.3 is 0 Å². The molecule has 5 rings (SSSR count). The van der Waals surface area contributed by atoms with Crippen LogP contribution in [0.2, 0.25) is 0 Å². The molecule has 0 bridgehead atoms. The molecule has 2 atom stereocenters. The van der Waals surface area contributed by atoms with Crippen molar-refractivity contribution in [2.75, 3.05) is 18.1 Å². The molecule has 0 radical (unpaired) electrons. The molecule has 32 heavy (non-hydrogen) atoms. The van der Waals surface area contributed by atoms with Crippen LogP contribution in [0.3, 0.4) is 0 Å². The van der Waals surface area contributed by atoms with Gasteiger partial charge in [-0.1, -0.05) is 30.3 Å². The molecule has 2 aromatic heterocycles. The van der Waals surface area contributed by atoms with Crippen molar-refractivity contribution in [1.82, 2.24) is 30.2 Å². The van der Waals surface area contributed by atoms with Crippen LogP contribution in [0.1, 0.15) is 13.8 Å². The Balaban J connectivity index is 1.69. The average Bonchev–Trinajstić information content (AvgIpc) is 3.30. The number of benzene rings is 2. The van der Waals surface area contributed by atoms with Crippen molar-refractivity contribution < 1.29 is 9.13 Å². The van der Waals surface area contributed by atoms with Gasteiger partial charge in [-0.05, 0) is 48.5 Å². The topological polar surface area (TPSA) is 81.9 Å². The Bertz CT molecular complexity index is 1220. The molecule has 0 aliphatic carbocycles. The number of halogens is 1. The number of ether oxygens (including phenoxy) is 1. The Morgan fingerprint density at radius 3 is 2.41 bits per heavy atom. The van der Waals surface area contributed by atoms with Crippen molar-refractivity contribution in [3.8, 4) is 28.3 Å². The third-order valence-electron chi connectivity index (χ3n) is 5.51. The molecule has 1 fully saturated rings. The molecule has 1 saturated heterocycles. The summed E-state index contributed by atoms with van der Waals surface area (Å²) in [5, 5.41) is 12.2. The van der Waals surface area contributed by atoms with Crippen LogP contribution in [0.5, 0.6) is 0 Å². The summed E-state index contributed by atoms with van der Waals surface area (Å²) in [6.07, 6.45) is 1.67. The van der Waals surface area contributed by atoms with Gasteiger partial charge in [-0.3, -0.25) is 0 Å². The molecule has 0 amide bonds. The number of para-hydroxylation sites is 1. The molecule has 162 valence electrons. The SMILES string of the molecule is C[C@@H]1COC[C@H](C)N1c1ncc(-c2nnnn2-c2ccccc2)c(-c2ccccc2F)n1. The Labute approximate surface area is 184 Å². The van der Waals surface area contributed by atoms with E-state index in [1.807, 2.05) is 30.3 Å². The first-order chi connectivity index (χ1) is 15.6. The second-order valence-electron chi connectivity index (χ2n) is 7.80. The summed E-state index contributed by atoms with van der Waals surface area (Å²) >= 11 is 0. The Hall–Kier alpha value is -3.72. The summed E-state index contributed by atoms with van der Waals surface area (Å²) in [4.78, 5) is 11.6. The lowest BCUT2D eigenvalue weighted by molar-refractivity contribution is 0.0747. The zero-order valence-corrected chi connectivity index (χ0v) is 17.8. The minimum absolute atomic E-state index is 0.0905. The number of rotatable bonds is 4. The van der Waals surface area contributed by atoms with E-state index in [9.17, 15) is 4.39 Å². The molecule has 3 heterocycles. The molecule has 2 aromatic carbocycles.